The predicted molar refractivity (Wildman–Crippen MR) is 76.8 cm³/mol. The zero-order valence-electron chi connectivity index (χ0n) is 11.4. The van der Waals surface area contributed by atoms with Crippen LogP contribution >= 0.6 is 11.3 Å². The molecule has 0 saturated heterocycles. The largest absolute Gasteiger partial charge is 0.294 e. The standard InChI is InChI=1S/C14H16N4S/c1-8-13(9(2)17(3)16-8)10-7-18-11-5-4-6-12(11)19-14(18)15-10/h7H,4-6H2,1-3H3. The Labute approximate surface area is 115 Å². The second kappa shape index (κ2) is 3.70. The van der Waals surface area contributed by atoms with Gasteiger partial charge in [0.1, 0.15) is 0 Å². The quantitative estimate of drug-likeness (QED) is 0.683. The molecule has 0 saturated carbocycles. The lowest BCUT2D eigenvalue weighted by molar-refractivity contribution is 0.731. The summed E-state index contributed by atoms with van der Waals surface area (Å²) >= 11 is 1.85. The van der Waals surface area contributed by atoms with Gasteiger partial charge in [0, 0.05) is 35.1 Å². The lowest BCUT2D eigenvalue weighted by Gasteiger charge is -1.97. The SMILES string of the molecule is Cc1nn(C)c(C)c1-c1cn2c3c(sc2n1)CCC3. The summed E-state index contributed by atoms with van der Waals surface area (Å²) in [5.74, 6) is 0. The summed E-state index contributed by atoms with van der Waals surface area (Å²) < 4.78 is 4.22. The van der Waals surface area contributed by atoms with Gasteiger partial charge in [-0.3, -0.25) is 9.08 Å². The van der Waals surface area contributed by atoms with Crippen LogP contribution in [0.4, 0.5) is 0 Å². The fourth-order valence-electron chi connectivity index (χ4n) is 3.07. The van der Waals surface area contributed by atoms with Gasteiger partial charge < -0.3 is 0 Å². The summed E-state index contributed by atoms with van der Waals surface area (Å²) in [5.41, 5.74) is 5.95. The van der Waals surface area contributed by atoms with Gasteiger partial charge in [0.25, 0.3) is 0 Å². The Hall–Kier alpha value is -1.62. The van der Waals surface area contributed by atoms with Crippen molar-refractivity contribution in [2.45, 2.75) is 33.1 Å². The first-order valence-electron chi connectivity index (χ1n) is 6.65. The third kappa shape index (κ3) is 1.45. The number of rotatable bonds is 1. The van der Waals surface area contributed by atoms with Gasteiger partial charge in [-0.05, 0) is 33.1 Å². The van der Waals surface area contributed by atoms with Crippen LogP contribution in [-0.2, 0) is 19.9 Å². The van der Waals surface area contributed by atoms with Crippen molar-refractivity contribution in [2.24, 2.45) is 7.05 Å². The number of hydrogen-bond acceptors (Lipinski definition) is 3. The molecule has 4 nitrogen and oxygen atoms in total. The molecule has 5 heteroatoms. The maximum atomic E-state index is 4.81. The highest BCUT2D eigenvalue weighted by Crippen LogP contribution is 2.34. The molecular weight excluding hydrogens is 256 g/mol. The van der Waals surface area contributed by atoms with E-state index in [0.29, 0.717) is 0 Å². The number of hydrogen-bond donors (Lipinski definition) is 0. The zero-order chi connectivity index (χ0) is 13.1. The molecule has 0 unspecified atom stereocenters. The third-order valence-electron chi connectivity index (χ3n) is 4.08. The molecule has 3 aromatic heterocycles. The van der Waals surface area contributed by atoms with E-state index in [1.807, 2.05) is 23.1 Å². The van der Waals surface area contributed by atoms with Gasteiger partial charge in [-0.1, -0.05) is 0 Å². The minimum atomic E-state index is 1.06. The molecule has 3 heterocycles. The molecule has 0 aromatic carbocycles. The van der Waals surface area contributed by atoms with Gasteiger partial charge in [0.05, 0.1) is 11.4 Å². The van der Waals surface area contributed by atoms with Crippen molar-refractivity contribution in [3.05, 3.63) is 28.2 Å². The predicted octanol–water partition coefficient (Wildman–Crippen LogP) is 2.90. The van der Waals surface area contributed by atoms with Gasteiger partial charge in [-0.15, -0.1) is 11.3 Å². The summed E-state index contributed by atoms with van der Waals surface area (Å²) in [6.45, 7) is 4.16. The van der Waals surface area contributed by atoms with Crippen LogP contribution in [0.3, 0.4) is 0 Å². The average Bonchev–Trinajstić information content (AvgIpc) is 3.03. The highest BCUT2D eigenvalue weighted by atomic mass is 32.1. The molecule has 0 radical (unpaired) electrons. The van der Waals surface area contributed by atoms with Crippen LogP contribution in [0.15, 0.2) is 6.20 Å². The van der Waals surface area contributed by atoms with E-state index in [0.717, 1.165) is 16.3 Å². The van der Waals surface area contributed by atoms with Crippen molar-refractivity contribution in [1.82, 2.24) is 19.2 Å². The van der Waals surface area contributed by atoms with Crippen molar-refractivity contribution in [1.29, 1.82) is 0 Å². The molecule has 0 N–H and O–H groups in total. The van der Waals surface area contributed by atoms with Crippen LogP contribution in [0.2, 0.25) is 0 Å². The Balaban J connectivity index is 1.94. The molecule has 0 spiro atoms. The topological polar surface area (TPSA) is 35.1 Å². The zero-order valence-corrected chi connectivity index (χ0v) is 12.2. The molecule has 98 valence electrons. The molecule has 0 bridgehead atoms. The van der Waals surface area contributed by atoms with Crippen LogP contribution in [-0.4, -0.2) is 19.2 Å². The molecule has 1 aliphatic rings. The maximum Gasteiger partial charge on any atom is 0.194 e. The Morgan fingerprint density at radius 3 is 2.84 bits per heavy atom. The van der Waals surface area contributed by atoms with E-state index in [1.54, 1.807) is 0 Å². The van der Waals surface area contributed by atoms with Crippen molar-refractivity contribution in [3.63, 3.8) is 0 Å². The fraction of sp³-hybridized carbons (Fsp3) is 0.429. The lowest BCUT2D eigenvalue weighted by Crippen LogP contribution is -1.92. The van der Waals surface area contributed by atoms with Crippen molar-refractivity contribution < 1.29 is 0 Å². The molecule has 1 aliphatic carbocycles. The van der Waals surface area contributed by atoms with E-state index >= 15 is 0 Å². The number of aromatic nitrogens is 4. The molecule has 19 heavy (non-hydrogen) atoms. The first-order chi connectivity index (χ1) is 9.15. The monoisotopic (exact) mass is 272 g/mol. The van der Waals surface area contributed by atoms with Crippen LogP contribution in [0.25, 0.3) is 16.2 Å². The summed E-state index contributed by atoms with van der Waals surface area (Å²) in [6.07, 6.45) is 5.89. The molecule has 4 rings (SSSR count). The number of aryl methyl sites for hydroxylation is 4. The first kappa shape index (κ1) is 11.2. The van der Waals surface area contributed by atoms with E-state index in [1.165, 1.54) is 41.1 Å². The van der Waals surface area contributed by atoms with Crippen LogP contribution in [0, 0.1) is 13.8 Å². The second-order valence-electron chi connectivity index (χ2n) is 5.27. The fourth-order valence-corrected chi connectivity index (χ4v) is 4.26. The molecule has 0 amide bonds. The number of fused-ring (bicyclic) bond motifs is 3. The Kier molecular flexibility index (Phi) is 2.18. The lowest BCUT2D eigenvalue weighted by atomic mass is 10.1. The smallest absolute Gasteiger partial charge is 0.194 e. The molecule has 3 aromatic rings. The highest BCUT2D eigenvalue weighted by molar-refractivity contribution is 7.17. The normalized spacial score (nSPS) is 14.5. The van der Waals surface area contributed by atoms with Crippen molar-refractivity contribution >= 4 is 16.3 Å². The number of imidazole rings is 1. The van der Waals surface area contributed by atoms with Gasteiger partial charge in [-0.25, -0.2) is 4.98 Å². The van der Waals surface area contributed by atoms with Crippen molar-refractivity contribution in [2.75, 3.05) is 0 Å². The van der Waals surface area contributed by atoms with E-state index in [2.05, 4.69) is 29.5 Å². The van der Waals surface area contributed by atoms with Gasteiger partial charge in [0.15, 0.2) is 4.96 Å². The van der Waals surface area contributed by atoms with Crippen LogP contribution in [0.1, 0.15) is 28.4 Å². The molecule has 0 atom stereocenters. The van der Waals surface area contributed by atoms with Gasteiger partial charge >= 0.3 is 0 Å². The third-order valence-corrected chi connectivity index (χ3v) is 5.24. The van der Waals surface area contributed by atoms with E-state index < -0.39 is 0 Å². The Morgan fingerprint density at radius 1 is 1.26 bits per heavy atom. The second-order valence-corrected chi connectivity index (χ2v) is 6.34. The molecular formula is C14H16N4S. The molecule has 0 aliphatic heterocycles. The van der Waals surface area contributed by atoms with Crippen LogP contribution < -0.4 is 0 Å². The first-order valence-corrected chi connectivity index (χ1v) is 7.47. The van der Waals surface area contributed by atoms with Gasteiger partial charge in [0.2, 0.25) is 0 Å². The Morgan fingerprint density at radius 2 is 2.11 bits per heavy atom. The summed E-state index contributed by atoms with van der Waals surface area (Å²) in [6, 6.07) is 0. The minimum absolute atomic E-state index is 1.06. The number of thiazole rings is 1. The van der Waals surface area contributed by atoms with E-state index in [9.17, 15) is 0 Å². The molecule has 0 fully saturated rings. The van der Waals surface area contributed by atoms with Crippen molar-refractivity contribution in [3.8, 4) is 11.3 Å². The average molecular weight is 272 g/mol. The summed E-state index contributed by atoms with van der Waals surface area (Å²) in [4.78, 5) is 7.46. The summed E-state index contributed by atoms with van der Waals surface area (Å²) in [7, 11) is 1.99. The van der Waals surface area contributed by atoms with E-state index in [-0.39, 0.29) is 0 Å². The Bertz CT molecular complexity index is 790. The maximum absolute atomic E-state index is 4.81. The summed E-state index contributed by atoms with van der Waals surface area (Å²) in [5, 5.41) is 4.48. The highest BCUT2D eigenvalue weighted by Gasteiger charge is 2.21. The van der Waals surface area contributed by atoms with E-state index in [4.69, 9.17) is 4.98 Å². The van der Waals surface area contributed by atoms with Gasteiger partial charge in [-0.2, -0.15) is 5.10 Å². The van der Waals surface area contributed by atoms with Crippen LogP contribution in [0.5, 0.6) is 0 Å². The minimum Gasteiger partial charge on any atom is -0.294 e. The number of nitrogens with zero attached hydrogens (tertiary/aromatic N) is 4.